The number of rotatable bonds is 11. The van der Waals surface area contributed by atoms with Crippen molar-refractivity contribution in [3.63, 3.8) is 0 Å². The Kier molecular flexibility index (Phi) is 12.4. The summed E-state index contributed by atoms with van der Waals surface area (Å²) in [5.41, 5.74) is 3.38. The minimum Gasteiger partial charge on any atom is -0.465 e. The van der Waals surface area contributed by atoms with Gasteiger partial charge in [0.15, 0.2) is 0 Å². The maximum atomic E-state index is 14.2. The number of halogens is 1. The summed E-state index contributed by atoms with van der Waals surface area (Å²) in [7, 11) is 1.30. The average molecular weight is 824 g/mol. The molecule has 4 amide bonds. The Balaban J connectivity index is 1.25. The van der Waals surface area contributed by atoms with Crippen molar-refractivity contribution in [2.75, 3.05) is 24.3 Å². The van der Waals surface area contributed by atoms with E-state index in [1.54, 1.807) is 59.5 Å². The Labute approximate surface area is 329 Å². The number of carbonyl (C=O) groups is 5. The molecule has 3 N–H and O–H groups in total. The highest BCUT2D eigenvalue weighted by Crippen LogP contribution is 2.41. The molecule has 1 unspecified atom stereocenters. The third kappa shape index (κ3) is 9.34. The molecule has 0 bridgehead atoms. The number of anilines is 2. The van der Waals surface area contributed by atoms with E-state index in [2.05, 4.69) is 31.9 Å². The Morgan fingerprint density at radius 3 is 2.31 bits per heavy atom. The van der Waals surface area contributed by atoms with Crippen LogP contribution in [0.1, 0.15) is 54.5 Å². The van der Waals surface area contributed by atoms with Crippen LogP contribution in [0.25, 0.3) is 6.08 Å². The summed E-state index contributed by atoms with van der Waals surface area (Å²) in [6.07, 6.45) is 2.06. The van der Waals surface area contributed by atoms with Crippen molar-refractivity contribution in [3.8, 4) is 0 Å². The second kappa shape index (κ2) is 17.5. The van der Waals surface area contributed by atoms with Crippen LogP contribution in [-0.4, -0.2) is 48.2 Å². The van der Waals surface area contributed by atoms with Gasteiger partial charge in [-0.2, -0.15) is 0 Å². The zero-order valence-electron chi connectivity index (χ0n) is 29.3. The summed E-state index contributed by atoms with van der Waals surface area (Å²) in [6, 6.07) is 32.3. The lowest BCUT2D eigenvalue weighted by atomic mass is 10.0. The lowest BCUT2D eigenvalue weighted by molar-refractivity contribution is -0.129. The van der Waals surface area contributed by atoms with Gasteiger partial charge in [0.05, 0.1) is 19.2 Å². The quantitative estimate of drug-likeness (QED) is 0.0697. The number of carbonyl (C=O) groups excluding carboxylic acids is 5. The highest BCUT2D eigenvalue weighted by Gasteiger charge is 2.32. The molecule has 0 radical (unpaired) electrons. The Hall–Kier alpha value is -5.50. The largest absolute Gasteiger partial charge is 0.465 e. The number of amides is 4. The molecular formula is C41H35BrN4O6S2. The summed E-state index contributed by atoms with van der Waals surface area (Å²) in [5, 5.41) is 8.26. The third-order valence-corrected chi connectivity index (χ3v) is 11.4. The molecular weight excluding hydrogens is 789 g/mol. The van der Waals surface area contributed by atoms with Crippen LogP contribution < -0.4 is 16.0 Å². The van der Waals surface area contributed by atoms with Gasteiger partial charge < -0.3 is 25.6 Å². The molecule has 0 saturated heterocycles. The first kappa shape index (κ1) is 38.2. The fraction of sp³-hybridized carbons (Fsp3) is 0.146. The summed E-state index contributed by atoms with van der Waals surface area (Å²) >= 11 is 6.00. The predicted molar refractivity (Wildman–Crippen MR) is 215 cm³/mol. The zero-order chi connectivity index (χ0) is 38.2. The molecule has 54 heavy (non-hydrogen) atoms. The first-order valence-electron chi connectivity index (χ1n) is 16.9. The molecule has 1 aliphatic rings. The first-order valence-corrected chi connectivity index (χ1v) is 19.3. The summed E-state index contributed by atoms with van der Waals surface area (Å²) in [5.74, 6) is -1.97. The number of hydrogen-bond acceptors (Lipinski definition) is 8. The van der Waals surface area contributed by atoms with Crippen molar-refractivity contribution in [3.05, 3.63) is 152 Å². The zero-order valence-corrected chi connectivity index (χ0v) is 32.5. The standard InChI is InChI=1S/C41H35BrN4O6S2/c1-25(47)46-20-19-32-34(24-46)54-40(35(32)41(51)52-2)45-39(50)36(27-12-5-3-6-13-27)53-31-18-10-17-30(23-31)43-38(49)33(22-26-11-9-16-29(42)21-26)44-37(48)28-14-7-4-8-15-28/h3-18,21-23,36H,19-20,24H2,1-2H3,(H,43,49)(H,44,48)(H,45,50)/b33-22+. The van der Waals surface area contributed by atoms with Crippen LogP contribution in [0.5, 0.6) is 0 Å². The first-order chi connectivity index (χ1) is 26.1. The van der Waals surface area contributed by atoms with Crippen molar-refractivity contribution in [1.29, 1.82) is 0 Å². The van der Waals surface area contributed by atoms with Gasteiger partial charge in [-0.3, -0.25) is 19.2 Å². The molecule has 6 rings (SSSR count). The molecule has 1 aliphatic heterocycles. The van der Waals surface area contributed by atoms with Gasteiger partial charge >= 0.3 is 5.97 Å². The van der Waals surface area contributed by atoms with Crippen LogP contribution >= 0.6 is 39.0 Å². The second-order valence-electron chi connectivity index (χ2n) is 12.2. The van der Waals surface area contributed by atoms with E-state index in [0.717, 1.165) is 20.5 Å². The molecule has 0 spiro atoms. The molecule has 0 fully saturated rings. The number of hydrogen-bond donors (Lipinski definition) is 3. The van der Waals surface area contributed by atoms with Crippen molar-refractivity contribution in [2.24, 2.45) is 0 Å². The van der Waals surface area contributed by atoms with Gasteiger partial charge in [0.1, 0.15) is 15.9 Å². The van der Waals surface area contributed by atoms with Crippen LogP contribution in [0.4, 0.5) is 10.7 Å². The minimum atomic E-state index is -0.757. The fourth-order valence-corrected chi connectivity index (χ4v) is 8.60. The number of methoxy groups -OCH3 is 1. The van der Waals surface area contributed by atoms with Gasteiger partial charge in [-0.25, -0.2) is 4.79 Å². The summed E-state index contributed by atoms with van der Waals surface area (Å²) < 4.78 is 5.92. The average Bonchev–Trinajstić information content (AvgIpc) is 3.54. The van der Waals surface area contributed by atoms with E-state index in [0.29, 0.717) is 51.8 Å². The number of esters is 1. The lowest BCUT2D eigenvalue weighted by Gasteiger charge is -2.25. The molecule has 1 aromatic heterocycles. The number of benzene rings is 4. The van der Waals surface area contributed by atoms with E-state index in [1.165, 1.54) is 37.1 Å². The molecule has 13 heteroatoms. The molecule has 1 atom stereocenters. The van der Waals surface area contributed by atoms with Gasteiger partial charge in [0, 0.05) is 39.0 Å². The van der Waals surface area contributed by atoms with E-state index in [1.807, 2.05) is 60.7 Å². The highest BCUT2D eigenvalue weighted by molar-refractivity contribution is 9.10. The van der Waals surface area contributed by atoms with Gasteiger partial charge in [-0.1, -0.05) is 82.7 Å². The Bertz CT molecular complexity index is 2240. The molecule has 10 nitrogen and oxygen atoms in total. The number of thioether (sulfide) groups is 1. The third-order valence-electron chi connectivity index (χ3n) is 8.50. The maximum absolute atomic E-state index is 14.2. The van der Waals surface area contributed by atoms with Crippen LogP contribution in [0.2, 0.25) is 0 Å². The fourth-order valence-electron chi connectivity index (χ4n) is 5.84. The number of nitrogens with zero attached hydrogens (tertiary/aromatic N) is 1. The Morgan fingerprint density at radius 2 is 1.61 bits per heavy atom. The molecule has 274 valence electrons. The second-order valence-corrected chi connectivity index (χ2v) is 15.4. The predicted octanol–water partition coefficient (Wildman–Crippen LogP) is 8.08. The molecule has 5 aromatic rings. The van der Waals surface area contributed by atoms with Crippen LogP contribution in [0.3, 0.4) is 0 Å². The molecule has 0 saturated carbocycles. The number of nitrogens with one attached hydrogen (secondary N) is 3. The topological polar surface area (TPSA) is 134 Å². The molecule has 2 heterocycles. The summed E-state index contributed by atoms with van der Waals surface area (Å²) in [6.45, 7) is 2.32. The number of fused-ring (bicyclic) bond motifs is 1. The van der Waals surface area contributed by atoms with E-state index in [4.69, 9.17) is 4.74 Å². The van der Waals surface area contributed by atoms with Gasteiger partial charge in [-0.15, -0.1) is 23.1 Å². The van der Waals surface area contributed by atoms with E-state index >= 15 is 0 Å². The monoisotopic (exact) mass is 822 g/mol. The number of thiophene rings is 1. The normalized spacial score (nSPS) is 12.9. The van der Waals surface area contributed by atoms with Crippen molar-refractivity contribution >= 4 is 85.4 Å². The van der Waals surface area contributed by atoms with Gasteiger partial charge in [0.2, 0.25) is 11.8 Å². The van der Waals surface area contributed by atoms with E-state index in [9.17, 15) is 24.0 Å². The van der Waals surface area contributed by atoms with Gasteiger partial charge in [0.25, 0.3) is 11.8 Å². The van der Waals surface area contributed by atoms with Crippen molar-refractivity contribution in [1.82, 2.24) is 10.2 Å². The van der Waals surface area contributed by atoms with E-state index < -0.39 is 23.0 Å². The van der Waals surface area contributed by atoms with Crippen LogP contribution in [0.15, 0.2) is 124 Å². The number of ether oxygens (including phenoxy) is 1. The maximum Gasteiger partial charge on any atom is 0.341 e. The molecule has 0 aliphatic carbocycles. The van der Waals surface area contributed by atoms with Crippen molar-refractivity contribution in [2.45, 2.75) is 30.0 Å². The molecule has 4 aromatic carbocycles. The summed E-state index contributed by atoms with van der Waals surface area (Å²) in [4.78, 5) is 69.4. The van der Waals surface area contributed by atoms with Crippen LogP contribution in [-0.2, 0) is 32.1 Å². The lowest BCUT2D eigenvalue weighted by Crippen LogP contribution is -2.33. The minimum absolute atomic E-state index is 0.0352. The smallest absolute Gasteiger partial charge is 0.341 e. The van der Waals surface area contributed by atoms with Crippen molar-refractivity contribution < 1.29 is 28.7 Å². The Morgan fingerprint density at radius 1 is 0.889 bits per heavy atom. The van der Waals surface area contributed by atoms with E-state index in [-0.39, 0.29) is 17.5 Å². The highest BCUT2D eigenvalue weighted by atomic mass is 79.9. The SMILES string of the molecule is COC(=O)c1c(NC(=O)C(Sc2cccc(NC(=O)/C(=C\c3cccc(Br)c3)NC(=O)c3ccccc3)c2)c2ccccc2)sc2c1CCN(C(C)=O)C2. The van der Waals surface area contributed by atoms with Crippen LogP contribution in [0, 0.1) is 0 Å². The van der Waals surface area contributed by atoms with Gasteiger partial charge in [-0.05, 0) is 71.7 Å².